The highest BCUT2D eigenvalue weighted by atomic mass is 35.5. The lowest BCUT2D eigenvalue weighted by Crippen LogP contribution is -2.16. The van der Waals surface area contributed by atoms with Gasteiger partial charge in [0.1, 0.15) is 17.6 Å². The van der Waals surface area contributed by atoms with E-state index in [0.717, 1.165) is 11.0 Å². The van der Waals surface area contributed by atoms with Crippen LogP contribution in [-0.4, -0.2) is 22.0 Å². The van der Waals surface area contributed by atoms with E-state index in [2.05, 4.69) is 4.98 Å². The van der Waals surface area contributed by atoms with Gasteiger partial charge in [0.05, 0.1) is 0 Å². The van der Waals surface area contributed by atoms with Crippen LogP contribution in [0.1, 0.15) is 18.7 Å². The summed E-state index contributed by atoms with van der Waals surface area (Å²) < 4.78 is 45.7. The molecule has 9 heteroatoms. The van der Waals surface area contributed by atoms with Gasteiger partial charge in [-0.15, -0.1) is 11.6 Å². The average molecular weight is 402 g/mol. The molecule has 2 aromatic rings. The Kier molecular flexibility index (Phi) is 6.80. The Balaban J connectivity index is 2.29. The van der Waals surface area contributed by atoms with Crippen LogP contribution in [0.2, 0.25) is 10.2 Å². The van der Waals surface area contributed by atoms with Crippen LogP contribution >= 0.6 is 34.8 Å². The largest absolute Gasteiger partial charge is 0.449 e. The zero-order valence-corrected chi connectivity index (χ0v) is 14.7. The maximum absolute atomic E-state index is 13.2. The third kappa shape index (κ3) is 4.79. The first-order valence-electron chi connectivity index (χ1n) is 7.07. The second-order valence-electron chi connectivity index (χ2n) is 4.94. The highest BCUT2D eigenvalue weighted by Gasteiger charge is 2.39. The van der Waals surface area contributed by atoms with E-state index in [9.17, 15) is 13.2 Å². The zero-order valence-electron chi connectivity index (χ0n) is 12.4. The summed E-state index contributed by atoms with van der Waals surface area (Å²) in [4.78, 5) is 3.66. The summed E-state index contributed by atoms with van der Waals surface area (Å²) in [7, 11) is 0. The number of ether oxygens (including phenoxy) is 1. The second kappa shape index (κ2) is 8.43. The number of aromatic nitrogens is 2. The van der Waals surface area contributed by atoms with Gasteiger partial charge in [-0.1, -0.05) is 35.3 Å². The Morgan fingerprint density at radius 2 is 1.75 bits per heavy atom. The summed E-state index contributed by atoms with van der Waals surface area (Å²) in [5, 5.41) is 0.329. The minimum absolute atomic E-state index is 0.0324. The number of nitrogens with zero attached hydrogens (tertiary/aromatic N) is 2. The van der Waals surface area contributed by atoms with Crippen molar-refractivity contribution in [2.45, 2.75) is 25.7 Å². The van der Waals surface area contributed by atoms with Crippen molar-refractivity contribution in [3.05, 3.63) is 40.3 Å². The molecule has 1 aromatic heterocycles. The molecule has 24 heavy (non-hydrogen) atoms. The predicted octanol–water partition coefficient (Wildman–Crippen LogP) is 5.87. The van der Waals surface area contributed by atoms with Gasteiger partial charge in [0.25, 0.3) is 0 Å². The van der Waals surface area contributed by atoms with Gasteiger partial charge < -0.3 is 4.74 Å². The highest BCUT2D eigenvalue weighted by Crippen LogP contribution is 2.36. The van der Waals surface area contributed by atoms with Crippen molar-refractivity contribution in [1.29, 1.82) is 0 Å². The SMILES string of the molecule is FC(F)(F)c1nc(-c2ccc(Cl)cc2)c(Cl)n1COCCCCCl. The fourth-order valence-electron chi connectivity index (χ4n) is 2.01. The number of hydrogen-bond donors (Lipinski definition) is 0. The molecule has 0 aliphatic rings. The summed E-state index contributed by atoms with van der Waals surface area (Å²) in [6.45, 7) is -0.0502. The third-order valence-corrected chi connectivity index (χ3v) is 4.07. The molecular weight excluding hydrogens is 388 g/mol. The molecule has 0 N–H and O–H groups in total. The summed E-state index contributed by atoms with van der Waals surface area (Å²) in [5.74, 6) is -0.626. The number of rotatable bonds is 7. The van der Waals surface area contributed by atoms with E-state index in [1.807, 2.05) is 0 Å². The van der Waals surface area contributed by atoms with Crippen LogP contribution < -0.4 is 0 Å². The summed E-state index contributed by atoms with van der Waals surface area (Å²) in [6, 6.07) is 6.23. The minimum atomic E-state index is -4.65. The van der Waals surface area contributed by atoms with Gasteiger partial charge in [-0.2, -0.15) is 13.2 Å². The van der Waals surface area contributed by atoms with Crippen LogP contribution in [0, 0.1) is 0 Å². The van der Waals surface area contributed by atoms with Crippen molar-refractivity contribution in [1.82, 2.24) is 9.55 Å². The minimum Gasteiger partial charge on any atom is -0.361 e. The van der Waals surface area contributed by atoms with Gasteiger partial charge in [-0.05, 0) is 25.0 Å². The molecule has 0 unspecified atom stereocenters. The van der Waals surface area contributed by atoms with E-state index < -0.39 is 12.0 Å². The molecule has 0 saturated carbocycles. The smallest absolute Gasteiger partial charge is 0.361 e. The van der Waals surface area contributed by atoms with Crippen molar-refractivity contribution in [2.75, 3.05) is 12.5 Å². The van der Waals surface area contributed by atoms with Crippen molar-refractivity contribution in [2.24, 2.45) is 0 Å². The molecule has 3 nitrogen and oxygen atoms in total. The van der Waals surface area contributed by atoms with Crippen molar-refractivity contribution in [3.63, 3.8) is 0 Å². The molecule has 1 heterocycles. The number of alkyl halides is 4. The number of imidazole rings is 1. The topological polar surface area (TPSA) is 27.1 Å². The summed E-state index contributed by atoms with van der Waals surface area (Å²) >= 11 is 17.4. The van der Waals surface area contributed by atoms with Crippen LogP contribution in [0.4, 0.5) is 13.2 Å². The predicted molar refractivity (Wildman–Crippen MR) is 88.6 cm³/mol. The monoisotopic (exact) mass is 400 g/mol. The Bertz CT molecular complexity index is 672. The summed E-state index contributed by atoms with van der Waals surface area (Å²) in [5.41, 5.74) is 0.473. The Labute approximate surface area is 152 Å². The third-order valence-electron chi connectivity index (χ3n) is 3.17. The second-order valence-corrected chi connectivity index (χ2v) is 6.11. The normalized spacial score (nSPS) is 11.9. The van der Waals surface area contributed by atoms with E-state index in [1.165, 1.54) is 0 Å². The molecule has 0 bridgehead atoms. The molecule has 0 aliphatic carbocycles. The molecule has 0 spiro atoms. The van der Waals surface area contributed by atoms with Crippen LogP contribution in [0.25, 0.3) is 11.3 Å². The van der Waals surface area contributed by atoms with Crippen molar-refractivity contribution >= 4 is 34.8 Å². The van der Waals surface area contributed by atoms with E-state index >= 15 is 0 Å². The van der Waals surface area contributed by atoms with Gasteiger partial charge in [0.2, 0.25) is 5.82 Å². The lowest BCUT2D eigenvalue weighted by Gasteiger charge is -2.11. The molecule has 0 atom stereocenters. The Morgan fingerprint density at radius 1 is 1.08 bits per heavy atom. The molecule has 2 rings (SSSR count). The van der Waals surface area contributed by atoms with Gasteiger partial charge in [-0.25, -0.2) is 4.98 Å². The average Bonchev–Trinajstić information content (AvgIpc) is 2.85. The maximum atomic E-state index is 13.2. The first-order valence-corrected chi connectivity index (χ1v) is 8.36. The maximum Gasteiger partial charge on any atom is 0.449 e. The Hall–Kier alpha value is -0.950. The first kappa shape index (κ1) is 19.4. The lowest BCUT2D eigenvalue weighted by molar-refractivity contribution is -0.149. The van der Waals surface area contributed by atoms with Gasteiger partial charge in [-0.3, -0.25) is 4.57 Å². The quantitative estimate of drug-likeness (QED) is 0.428. The fourth-order valence-corrected chi connectivity index (χ4v) is 2.61. The fraction of sp³-hybridized carbons (Fsp3) is 0.400. The molecule has 0 aliphatic heterocycles. The first-order chi connectivity index (χ1) is 11.3. The molecular formula is C15H14Cl3F3N2O. The Morgan fingerprint density at radius 3 is 2.33 bits per heavy atom. The van der Waals surface area contributed by atoms with Crippen LogP contribution in [-0.2, 0) is 17.6 Å². The number of benzene rings is 1. The zero-order chi connectivity index (χ0) is 17.7. The summed E-state index contributed by atoms with van der Waals surface area (Å²) in [6.07, 6.45) is -3.27. The van der Waals surface area contributed by atoms with Crippen molar-refractivity contribution in [3.8, 4) is 11.3 Å². The molecule has 0 amide bonds. The van der Waals surface area contributed by atoms with Crippen molar-refractivity contribution < 1.29 is 17.9 Å². The molecule has 132 valence electrons. The molecule has 0 radical (unpaired) electrons. The standard InChI is InChI=1S/C15H14Cl3F3N2O/c16-7-1-2-8-24-9-23-13(18)12(22-14(23)15(19,20)21)10-3-5-11(17)6-4-10/h3-6H,1-2,7-9H2. The molecule has 1 aromatic carbocycles. The number of hydrogen-bond acceptors (Lipinski definition) is 2. The van der Waals surface area contributed by atoms with E-state index in [0.29, 0.717) is 22.9 Å². The van der Waals surface area contributed by atoms with Gasteiger partial charge in [0, 0.05) is 23.1 Å². The van der Waals surface area contributed by atoms with E-state index in [1.54, 1.807) is 24.3 Å². The van der Waals surface area contributed by atoms with E-state index in [-0.39, 0.29) is 24.2 Å². The highest BCUT2D eigenvalue weighted by molar-refractivity contribution is 6.32. The number of unbranched alkanes of at least 4 members (excludes halogenated alkanes) is 1. The van der Waals surface area contributed by atoms with Gasteiger partial charge >= 0.3 is 6.18 Å². The number of halogens is 6. The molecule has 0 saturated heterocycles. The van der Waals surface area contributed by atoms with E-state index in [4.69, 9.17) is 39.5 Å². The lowest BCUT2D eigenvalue weighted by atomic mass is 10.2. The molecule has 0 fully saturated rings. The van der Waals surface area contributed by atoms with Gasteiger partial charge in [0.15, 0.2) is 0 Å². The van der Waals surface area contributed by atoms with Crippen LogP contribution in [0.3, 0.4) is 0 Å². The van der Waals surface area contributed by atoms with Crippen LogP contribution in [0.15, 0.2) is 24.3 Å². The van der Waals surface area contributed by atoms with Crippen LogP contribution in [0.5, 0.6) is 0 Å².